The van der Waals surface area contributed by atoms with Gasteiger partial charge in [-0.1, -0.05) is 29.8 Å². The second kappa shape index (κ2) is 8.48. The van der Waals surface area contributed by atoms with E-state index in [9.17, 15) is 17.6 Å². The fourth-order valence-electron chi connectivity index (χ4n) is 3.48. The van der Waals surface area contributed by atoms with Crippen molar-refractivity contribution in [2.45, 2.75) is 12.8 Å². The molecule has 0 amide bonds. The minimum absolute atomic E-state index is 0.0377. The average Bonchev–Trinajstić information content (AvgIpc) is 3.19. The number of aromatic nitrogens is 1. The van der Waals surface area contributed by atoms with Crippen LogP contribution in [-0.2, 0) is 10.0 Å². The molecule has 166 valence electrons. The summed E-state index contributed by atoms with van der Waals surface area (Å²) in [6, 6.07) is 8.99. The monoisotopic (exact) mass is 477 g/mol. The molecule has 0 spiro atoms. The van der Waals surface area contributed by atoms with Gasteiger partial charge in [-0.2, -0.15) is 0 Å². The number of carbonyl (C=O) groups excluding carboxylic acids is 1. The zero-order valence-corrected chi connectivity index (χ0v) is 18.4. The van der Waals surface area contributed by atoms with Crippen LogP contribution in [0.5, 0.6) is 0 Å². The van der Waals surface area contributed by atoms with Gasteiger partial charge in [0.2, 0.25) is 15.8 Å². The first-order chi connectivity index (χ1) is 15.2. The lowest BCUT2D eigenvalue weighted by Gasteiger charge is -2.14. The summed E-state index contributed by atoms with van der Waals surface area (Å²) >= 11 is 5.94. The first-order valence-corrected chi connectivity index (χ1v) is 11.8. The third kappa shape index (κ3) is 4.18. The molecule has 1 aliphatic heterocycles. The minimum Gasteiger partial charge on any atom is -0.346 e. The van der Waals surface area contributed by atoms with Crippen LogP contribution in [0, 0.1) is 11.6 Å². The van der Waals surface area contributed by atoms with Crippen molar-refractivity contribution in [3.8, 4) is 0 Å². The van der Waals surface area contributed by atoms with Crippen molar-refractivity contribution in [2.24, 2.45) is 4.99 Å². The van der Waals surface area contributed by atoms with E-state index in [1.807, 2.05) is 22.9 Å². The number of sulfonamides is 1. The van der Waals surface area contributed by atoms with Crippen LogP contribution in [0.3, 0.4) is 0 Å². The zero-order chi connectivity index (χ0) is 23.0. The van der Waals surface area contributed by atoms with Crippen LogP contribution in [0.4, 0.5) is 14.5 Å². The van der Waals surface area contributed by atoms with Crippen molar-refractivity contribution in [2.75, 3.05) is 17.0 Å². The normalized spacial score (nSPS) is 15.4. The Morgan fingerprint density at radius 2 is 1.94 bits per heavy atom. The molecule has 0 bridgehead atoms. The van der Waals surface area contributed by atoms with Gasteiger partial charge in [0.1, 0.15) is 11.3 Å². The maximum absolute atomic E-state index is 15.0. The Hall–Kier alpha value is -3.04. The van der Waals surface area contributed by atoms with E-state index in [0.29, 0.717) is 22.3 Å². The van der Waals surface area contributed by atoms with Crippen molar-refractivity contribution < 1.29 is 22.0 Å². The van der Waals surface area contributed by atoms with Crippen molar-refractivity contribution in [1.29, 1.82) is 0 Å². The fraction of sp³-hybridized carbons (Fsp3) is 0.182. The van der Waals surface area contributed by atoms with Gasteiger partial charge in [-0.15, -0.1) is 0 Å². The highest BCUT2D eigenvalue weighted by molar-refractivity contribution is 7.92. The minimum atomic E-state index is -3.82. The second-order valence-corrected chi connectivity index (χ2v) is 9.70. The fourth-order valence-corrected chi connectivity index (χ4v) is 4.24. The molecule has 32 heavy (non-hydrogen) atoms. The number of H-pyrrole nitrogens is 1. The lowest BCUT2D eigenvalue weighted by molar-refractivity contribution is 0.103. The molecule has 4 rings (SSSR count). The summed E-state index contributed by atoms with van der Waals surface area (Å²) in [7, 11) is -3.82. The zero-order valence-electron chi connectivity index (χ0n) is 16.8. The Bertz CT molecular complexity index is 1430. The van der Waals surface area contributed by atoms with Crippen LogP contribution in [0.2, 0.25) is 5.02 Å². The van der Waals surface area contributed by atoms with Gasteiger partial charge in [-0.25, -0.2) is 17.2 Å². The summed E-state index contributed by atoms with van der Waals surface area (Å²) in [5.74, 6) is -3.74. The van der Waals surface area contributed by atoms with Crippen LogP contribution in [0.1, 0.15) is 34.3 Å². The second-order valence-electron chi connectivity index (χ2n) is 7.25. The number of fused-ring (bicyclic) bond motifs is 1. The largest absolute Gasteiger partial charge is 0.346 e. The molecule has 0 aliphatic carbocycles. The number of benzene rings is 2. The Balaban J connectivity index is 1.78. The third-order valence-electron chi connectivity index (χ3n) is 5.22. The van der Waals surface area contributed by atoms with Gasteiger partial charge in [-0.3, -0.25) is 14.5 Å². The Labute approximate surface area is 187 Å². The Kier molecular flexibility index (Phi) is 5.87. The van der Waals surface area contributed by atoms with Gasteiger partial charge in [0.15, 0.2) is 5.82 Å². The molecule has 2 N–H and O–H groups in total. The maximum atomic E-state index is 15.0. The molecule has 6 nitrogen and oxygen atoms in total. The smallest absolute Gasteiger partial charge is 0.232 e. The molecule has 3 aromatic rings. The third-order valence-corrected chi connectivity index (χ3v) is 6.76. The predicted molar refractivity (Wildman–Crippen MR) is 118 cm³/mol. The number of ketones is 1. The average molecular weight is 478 g/mol. The molecule has 1 aromatic heterocycles. The Morgan fingerprint density at radius 1 is 1.22 bits per heavy atom. The molecule has 0 saturated carbocycles. The summed E-state index contributed by atoms with van der Waals surface area (Å²) < 4.78 is 55.2. The first-order valence-electron chi connectivity index (χ1n) is 9.72. The highest BCUT2D eigenvalue weighted by atomic mass is 35.5. The molecular formula is C22H18ClF2N3O3S. The number of hydrogen-bond acceptors (Lipinski definition) is 4. The summed E-state index contributed by atoms with van der Waals surface area (Å²) in [6.07, 6.45) is 3.16. The number of anilines is 1. The van der Waals surface area contributed by atoms with Gasteiger partial charge in [-0.05, 0) is 36.8 Å². The lowest BCUT2D eigenvalue weighted by Crippen LogP contribution is -2.33. The standard InChI is InChI=1S/C22H18ClF2N3O3S/c1-2-32(30,31)28-18-8-7-17(24)19(20(18)25)21(29)16-11-27-22-15(16)9-13(10-26-22)12-3-5-14(23)6-4-12/h3-9,11,13,28H,2,10H2,1H3,(H,26,27). The number of carbonyl (C=O) groups is 1. The predicted octanol–water partition coefficient (Wildman–Crippen LogP) is 3.14. The highest BCUT2D eigenvalue weighted by Crippen LogP contribution is 2.25. The van der Waals surface area contributed by atoms with Gasteiger partial charge < -0.3 is 4.98 Å². The highest BCUT2D eigenvalue weighted by Gasteiger charge is 2.26. The van der Waals surface area contributed by atoms with E-state index in [2.05, 4.69) is 9.98 Å². The number of rotatable bonds is 6. The molecule has 1 unspecified atom stereocenters. The molecule has 0 saturated heterocycles. The van der Waals surface area contributed by atoms with E-state index in [0.717, 1.165) is 17.7 Å². The number of nitrogens with zero attached hydrogens (tertiary/aromatic N) is 1. The van der Waals surface area contributed by atoms with Crippen molar-refractivity contribution in [1.82, 2.24) is 4.98 Å². The summed E-state index contributed by atoms with van der Waals surface area (Å²) in [4.78, 5) is 20.4. The van der Waals surface area contributed by atoms with Gasteiger partial charge in [0.25, 0.3) is 0 Å². The molecule has 2 aromatic carbocycles. The van der Waals surface area contributed by atoms with E-state index in [1.54, 1.807) is 12.1 Å². The van der Waals surface area contributed by atoms with Gasteiger partial charge in [0.05, 0.1) is 23.5 Å². The molecule has 0 radical (unpaired) electrons. The van der Waals surface area contributed by atoms with Crippen molar-refractivity contribution in [3.63, 3.8) is 0 Å². The summed E-state index contributed by atoms with van der Waals surface area (Å²) in [5.41, 5.74) is 0.0634. The number of nitrogens with one attached hydrogen (secondary N) is 2. The maximum Gasteiger partial charge on any atom is 0.232 e. The van der Waals surface area contributed by atoms with Gasteiger partial charge in [0, 0.05) is 27.9 Å². The first kappa shape index (κ1) is 22.2. The van der Waals surface area contributed by atoms with Gasteiger partial charge >= 0.3 is 0 Å². The van der Waals surface area contributed by atoms with Crippen LogP contribution >= 0.6 is 11.6 Å². The van der Waals surface area contributed by atoms with Crippen LogP contribution < -0.4 is 15.4 Å². The molecule has 1 aliphatic rings. The SMILES string of the molecule is CCS(=O)(=O)Nc1ccc(F)c(C(=O)c2c[nH]c3c2=CC(c2ccc(Cl)cc2)CN=3)c1F. The van der Waals surface area contributed by atoms with E-state index in [4.69, 9.17) is 11.6 Å². The topological polar surface area (TPSA) is 91.4 Å². The molecule has 10 heteroatoms. The summed E-state index contributed by atoms with van der Waals surface area (Å²) in [5, 5.41) is 1.02. The van der Waals surface area contributed by atoms with Crippen molar-refractivity contribution in [3.05, 3.63) is 86.6 Å². The van der Waals surface area contributed by atoms with Crippen molar-refractivity contribution >= 4 is 39.2 Å². The van der Waals surface area contributed by atoms with E-state index < -0.39 is 38.7 Å². The van der Waals surface area contributed by atoms with E-state index in [-0.39, 0.29) is 17.2 Å². The van der Waals surface area contributed by atoms with Crippen LogP contribution in [0.25, 0.3) is 6.08 Å². The number of halogens is 3. The Morgan fingerprint density at radius 3 is 2.62 bits per heavy atom. The van der Waals surface area contributed by atoms with E-state index >= 15 is 4.39 Å². The number of aromatic amines is 1. The molecule has 1 atom stereocenters. The number of hydrogen-bond donors (Lipinski definition) is 2. The molecule has 2 heterocycles. The quantitative estimate of drug-likeness (QED) is 0.534. The van der Waals surface area contributed by atoms with Crippen LogP contribution in [-0.4, -0.2) is 31.5 Å². The summed E-state index contributed by atoms with van der Waals surface area (Å²) in [6.45, 7) is 1.80. The molecular weight excluding hydrogens is 460 g/mol. The van der Waals surface area contributed by atoms with E-state index in [1.165, 1.54) is 13.1 Å². The van der Waals surface area contributed by atoms with Crippen LogP contribution in [0.15, 0.2) is 47.6 Å². The molecule has 0 fully saturated rings. The lowest BCUT2D eigenvalue weighted by atomic mass is 9.95.